The predicted octanol–water partition coefficient (Wildman–Crippen LogP) is 3.07. The number of hydrogen-bond donors (Lipinski definition) is 2. The fraction of sp³-hybridized carbons (Fsp3) is 0.292. The van der Waals surface area contributed by atoms with Gasteiger partial charge in [-0.2, -0.15) is 10.5 Å². The topological polar surface area (TPSA) is 127 Å². The summed E-state index contributed by atoms with van der Waals surface area (Å²) in [6.07, 6.45) is 1.86. The Balaban J connectivity index is 1.86. The highest BCUT2D eigenvalue weighted by atomic mass is 16.4. The van der Waals surface area contributed by atoms with Crippen LogP contribution in [0.5, 0.6) is 0 Å². The number of fused-ring (bicyclic) bond motifs is 1. The van der Waals surface area contributed by atoms with Crippen molar-refractivity contribution < 1.29 is 14.3 Å². The van der Waals surface area contributed by atoms with E-state index in [0.29, 0.717) is 36.7 Å². The number of allylic oxidation sites excluding steroid dienone is 1. The van der Waals surface area contributed by atoms with Crippen LogP contribution in [0.25, 0.3) is 0 Å². The lowest BCUT2D eigenvalue weighted by molar-refractivity contribution is -0.132. The van der Waals surface area contributed by atoms with Crippen molar-refractivity contribution in [3.05, 3.63) is 82.5 Å². The van der Waals surface area contributed by atoms with Crippen molar-refractivity contribution in [1.29, 1.82) is 10.5 Å². The summed E-state index contributed by atoms with van der Waals surface area (Å²) >= 11 is 0. The third-order valence-corrected chi connectivity index (χ3v) is 6.16. The van der Waals surface area contributed by atoms with Gasteiger partial charge in [-0.15, -0.1) is 0 Å². The molecule has 0 radical (unpaired) electrons. The highest BCUT2D eigenvalue weighted by molar-refractivity contribution is 5.94. The smallest absolute Gasteiger partial charge is 0.337 e. The third-order valence-electron chi connectivity index (χ3n) is 6.16. The van der Waals surface area contributed by atoms with E-state index in [4.69, 9.17) is 10.2 Å². The van der Waals surface area contributed by atoms with Crippen molar-refractivity contribution in [2.24, 2.45) is 17.1 Å². The number of nitriles is 2. The molecule has 0 fully saturated rings. The molecule has 1 aromatic carbocycles. The predicted molar refractivity (Wildman–Crippen MR) is 112 cm³/mol. The van der Waals surface area contributed by atoms with E-state index in [1.165, 1.54) is 0 Å². The van der Waals surface area contributed by atoms with Gasteiger partial charge in [-0.05, 0) is 30.2 Å². The number of nitrogens with two attached hydrogens (primary N) is 1. The maximum atomic E-state index is 12.1. The number of furan rings is 1. The minimum atomic E-state index is -1.84. The minimum absolute atomic E-state index is 0.132. The first kappa shape index (κ1) is 20.5. The molecular weight excluding hydrogens is 392 g/mol. The number of rotatable bonds is 4. The van der Waals surface area contributed by atoms with Crippen LogP contribution in [0.3, 0.4) is 0 Å². The Kier molecular flexibility index (Phi) is 5.14. The van der Waals surface area contributed by atoms with Gasteiger partial charge < -0.3 is 15.3 Å². The van der Waals surface area contributed by atoms with Gasteiger partial charge in [-0.25, -0.2) is 4.79 Å². The summed E-state index contributed by atoms with van der Waals surface area (Å²) in [5, 5.41) is 30.1. The average molecular weight is 414 g/mol. The number of aliphatic carboxylic acids is 1. The molecule has 0 amide bonds. The number of carboxylic acid groups (broad SMARTS) is 1. The maximum Gasteiger partial charge on any atom is 0.337 e. The molecule has 2 aliphatic rings. The Labute approximate surface area is 180 Å². The molecule has 3 N–H and O–H groups in total. The molecule has 1 aliphatic carbocycles. The van der Waals surface area contributed by atoms with Gasteiger partial charge in [0.25, 0.3) is 0 Å². The quantitative estimate of drug-likeness (QED) is 0.787. The zero-order valence-corrected chi connectivity index (χ0v) is 17.1. The summed E-state index contributed by atoms with van der Waals surface area (Å²) in [4.78, 5) is 14.3. The van der Waals surface area contributed by atoms with E-state index in [0.717, 1.165) is 5.56 Å². The number of aryl methyl sites for hydroxylation is 1. The first-order valence-electron chi connectivity index (χ1n) is 10.0. The molecule has 1 aromatic heterocycles. The second kappa shape index (κ2) is 7.79. The molecule has 2 atom stereocenters. The molecule has 7 heteroatoms. The largest absolute Gasteiger partial charge is 0.478 e. The van der Waals surface area contributed by atoms with Crippen molar-refractivity contribution in [3.8, 4) is 12.1 Å². The average Bonchev–Trinajstić information content (AvgIpc) is 3.19. The van der Waals surface area contributed by atoms with Crippen LogP contribution < -0.4 is 5.73 Å². The van der Waals surface area contributed by atoms with E-state index in [1.807, 2.05) is 48.5 Å². The van der Waals surface area contributed by atoms with Gasteiger partial charge in [0.2, 0.25) is 0 Å². The molecule has 1 aliphatic heterocycles. The normalized spacial score (nSPS) is 22.7. The van der Waals surface area contributed by atoms with Crippen LogP contribution in [-0.4, -0.2) is 29.1 Å². The highest BCUT2D eigenvalue weighted by Crippen LogP contribution is 2.54. The molecule has 0 saturated heterocycles. The summed E-state index contributed by atoms with van der Waals surface area (Å²) in [6, 6.07) is 17.6. The number of carbonyl (C=O) groups is 1. The van der Waals surface area contributed by atoms with Crippen molar-refractivity contribution in [1.82, 2.24) is 4.90 Å². The maximum absolute atomic E-state index is 12.1. The van der Waals surface area contributed by atoms with E-state index in [1.54, 1.807) is 19.1 Å². The summed E-state index contributed by atoms with van der Waals surface area (Å²) in [5.41, 5.74) is 5.74. The first-order chi connectivity index (χ1) is 14.9. The van der Waals surface area contributed by atoms with Gasteiger partial charge >= 0.3 is 5.97 Å². The van der Waals surface area contributed by atoms with Gasteiger partial charge in [-0.3, -0.25) is 4.90 Å². The molecule has 0 spiro atoms. The van der Waals surface area contributed by atoms with Gasteiger partial charge in [0.1, 0.15) is 11.5 Å². The first-order valence-corrected chi connectivity index (χ1v) is 10.0. The van der Waals surface area contributed by atoms with E-state index in [9.17, 15) is 20.4 Å². The Morgan fingerprint density at radius 3 is 2.55 bits per heavy atom. The van der Waals surface area contributed by atoms with Crippen LogP contribution in [0, 0.1) is 40.9 Å². The van der Waals surface area contributed by atoms with Crippen molar-refractivity contribution in [3.63, 3.8) is 0 Å². The van der Waals surface area contributed by atoms with Crippen LogP contribution in [-0.2, 0) is 11.3 Å². The zero-order chi connectivity index (χ0) is 22.2. The van der Waals surface area contributed by atoms with Crippen LogP contribution in [0.1, 0.15) is 23.0 Å². The van der Waals surface area contributed by atoms with Crippen molar-refractivity contribution in [2.45, 2.75) is 19.4 Å². The molecule has 2 aromatic rings. The Morgan fingerprint density at radius 1 is 1.26 bits per heavy atom. The van der Waals surface area contributed by atoms with Crippen molar-refractivity contribution in [2.75, 3.05) is 13.1 Å². The van der Waals surface area contributed by atoms with Crippen LogP contribution in [0.2, 0.25) is 0 Å². The molecule has 0 saturated carbocycles. The van der Waals surface area contributed by atoms with Gasteiger partial charge in [0, 0.05) is 25.6 Å². The molecule has 4 rings (SSSR count). The molecular formula is C24H22N4O3. The molecule has 0 bridgehead atoms. The van der Waals surface area contributed by atoms with Crippen molar-refractivity contribution >= 4 is 5.97 Å². The van der Waals surface area contributed by atoms with E-state index >= 15 is 0 Å². The summed E-state index contributed by atoms with van der Waals surface area (Å²) in [5.74, 6) is -1.27. The monoisotopic (exact) mass is 414 g/mol. The van der Waals surface area contributed by atoms with Gasteiger partial charge in [-0.1, -0.05) is 36.4 Å². The van der Waals surface area contributed by atoms with E-state index in [-0.39, 0.29) is 11.3 Å². The van der Waals surface area contributed by atoms with Gasteiger partial charge in [0.15, 0.2) is 5.41 Å². The number of benzene rings is 1. The SMILES string of the molecule is Cc1ccc([C@H]2[C@@H]3CN(Cc4ccccc4)CC=C3C(C(=O)O)=C(N)C2(C#N)C#N)o1. The van der Waals surface area contributed by atoms with E-state index in [2.05, 4.69) is 4.90 Å². The van der Waals surface area contributed by atoms with E-state index < -0.39 is 23.2 Å². The Morgan fingerprint density at radius 2 is 1.97 bits per heavy atom. The highest BCUT2D eigenvalue weighted by Gasteiger charge is 2.56. The van der Waals surface area contributed by atoms with Crippen LogP contribution >= 0.6 is 0 Å². The van der Waals surface area contributed by atoms with Crippen LogP contribution in [0.4, 0.5) is 0 Å². The number of hydrogen-bond acceptors (Lipinski definition) is 6. The fourth-order valence-corrected chi connectivity index (χ4v) is 4.75. The lowest BCUT2D eigenvalue weighted by atomic mass is 9.59. The fourth-order valence-electron chi connectivity index (χ4n) is 4.75. The molecule has 156 valence electrons. The Hall–Kier alpha value is -3.81. The standard InChI is InChI=1S/C24H22N4O3/c1-15-7-8-19(31-15)21-18-12-28(11-16-5-3-2-4-6-16)10-9-17(18)20(23(29)30)22(27)24(21,13-25)14-26/h2-9,18,21H,10-12,27H2,1H3,(H,29,30)/t18-,21-/m1/s1. The number of carboxylic acids is 1. The summed E-state index contributed by atoms with van der Waals surface area (Å²) < 4.78 is 5.85. The Bertz CT molecular complexity index is 1150. The molecule has 2 heterocycles. The molecule has 0 unspecified atom stereocenters. The number of nitrogens with zero attached hydrogens (tertiary/aromatic N) is 3. The summed E-state index contributed by atoms with van der Waals surface area (Å²) in [7, 11) is 0. The summed E-state index contributed by atoms with van der Waals surface area (Å²) in [6.45, 7) is 3.47. The second-order valence-electron chi connectivity index (χ2n) is 8.00. The lowest BCUT2D eigenvalue weighted by Crippen LogP contribution is -2.48. The lowest BCUT2D eigenvalue weighted by Gasteiger charge is -2.45. The minimum Gasteiger partial charge on any atom is -0.478 e. The van der Waals surface area contributed by atoms with Gasteiger partial charge in [0.05, 0.1) is 29.3 Å². The molecule has 31 heavy (non-hydrogen) atoms. The third kappa shape index (κ3) is 3.30. The van der Waals surface area contributed by atoms with Crippen LogP contribution in [0.15, 0.2) is 69.8 Å². The second-order valence-corrected chi connectivity index (χ2v) is 8.00. The zero-order valence-electron chi connectivity index (χ0n) is 17.1. The molecule has 7 nitrogen and oxygen atoms in total.